The van der Waals surface area contributed by atoms with Crippen molar-refractivity contribution in [1.29, 1.82) is 0 Å². The van der Waals surface area contributed by atoms with Crippen LogP contribution in [0.5, 0.6) is 0 Å². The van der Waals surface area contributed by atoms with Gasteiger partial charge in [-0.1, -0.05) is 13.0 Å². The van der Waals surface area contributed by atoms with Crippen LogP contribution in [-0.2, 0) is 4.79 Å². The smallest absolute Gasteiger partial charge is 0.219 e. The third-order valence-corrected chi connectivity index (χ3v) is 5.07. The summed E-state index contributed by atoms with van der Waals surface area (Å²) in [4.78, 5) is 18.3. The Kier molecular flexibility index (Phi) is 4.55. The minimum Gasteiger partial charge on any atom is -0.371 e. The average molecular weight is 301 g/mol. The number of piperazine rings is 1. The monoisotopic (exact) mass is 301 g/mol. The molecule has 0 atom stereocenters. The quantitative estimate of drug-likeness (QED) is 0.840. The third-order valence-electron chi connectivity index (χ3n) is 5.07. The summed E-state index contributed by atoms with van der Waals surface area (Å²) < 4.78 is 0. The first-order valence-electron chi connectivity index (χ1n) is 8.49. The van der Waals surface area contributed by atoms with Gasteiger partial charge in [0.05, 0.1) is 0 Å². The van der Waals surface area contributed by atoms with Crippen LogP contribution in [0.2, 0.25) is 0 Å². The second-order valence-electron chi connectivity index (χ2n) is 6.68. The summed E-state index contributed by atoms with van der Waals surface area (Å²) in [5.41, 5.74) is 2.64. The van der Waals surface area contributed by atoms with Gasteiger partial charge in [-0.05, 0) is 37.0 Å². The van der Waals surface area contributed by atoms with Crippen LogP contribution in [0, 0.1) is 5.92 Å². The zero-order valence-corrected chi connectivity index (χ0v) is 13.8. The molecule has 2 fully saturated rings. The second kappa shape index (κ2) is 6.59. The maximum atomic E-state index is 11.4. The summed E-state index contributed by atoms with van der Waals surface area (Å²) in [6.07, 6.45) is 2.59. The lowest BCUT2D eigenvalue weighted by atomic mass is 9.99. The number of carbonyl (C=O) groups excluding carboxylic acids is 1. The third kappa shape index (κ3) is 3.37. The predicted octanol–water partition coefficient (Wildman–Crippen LogP) is 2.59. The molecule has 2 heterocycles. The molecule has 0 N–H and O–H groups in total. The Balaban J connectivity index is 1.66. The Morgan fingerprint density at radius 3 is 2.05 bits per heavy atom. The maximum absolute atomic E-state index is 11.4. The fourth-order valence-corrected chi connectivity index (χ4v) is 3.43. The fourth-order valence-electron chi connectivity index (χ4n) is 3.43. The van der Waals surface area contributed by atoms with E-state index >= 15 is 0 Å². The average Bonchev–Trinajstić information content (AvgIpc) is 2.56. The molecule has 0 bridgehead atoms. The van der Waals surface area contributed by atoms with Crippen molar-refractivity contribution in [3.8, 4) is 0 Å². The lowest BCUT2D eigenvalue weighted by molar-refractivity contribution is -0.129. The molecule has 0 unspecified atom stereocenters. The van der Waals surface area contributed by atoms with Crippen LogP contribution in [-0.4, -0.2) is 50.1 Å². The van der Waals surface area contributed by atoms with Gasteiger partial charge in [-0.3, -0.25) is 4.79 Å². The van der Waals surface area contributed by atoms with Gasteiger partial charge in [-0.15, -0.1) is 0 Å². The molecule has 1 amide bonds. The molecule has 0 radical (unpaired) electrons. The molecule has 3 rings (SSSR count). The Bertz CT molecular complexity index is 515. The van der Waals surface area contributed by atoms with Crippen molar-refractivity contribution in [1.82, 2.24) is 4.90 Å². The largest absolute Gasteiger partial charge is 0.371 e. The standard InChI is InChI=1S/C18H27N3O/c1-15-6-8-20(9-7-15)17-4-3-5-18(14-17)21-12-10-19(11-13-21)16(2)22/h3-5,14-15H,6-13H2,1-2H3. The highest BCUT2D eigenvalue weighted by molar-refractivity contribution is 5.73. The van der Waals surface area contributed by atoms with E-state index in [2.05, 4.69) is 41.0 Å². The molecule has 0 aromatic heterocycles. The van der Waals surface area contributed by atoms with E-state index in [9.17, 15) is 4.79 Å². The zero-order chi connectivity index (χ0) is 15.5. The van der Waals surface area contributed by atoms with Gasteiger partial charge < -0.3 is 14.7 Å². The Hall–Kier alpha value is -1.71. The minimum absolute atomic E-state index is 0.191. The molecule has 2 aliphatic rings. The highest BCUT2D eigenvalue weighted by Crippen LogP contribution is 2.27. The van der Waals surface area contributed by atoms with E-state index in [1.54, 1.807) is 6.92 Å². The molecular weight excluding hydrogens is 274 g/mol. The van der Waals surface area contributed by atoms with E-state index in [1.807, 2.05) is 4.90 Å². The van der Waals surface area contributed by atoms with Crippen LogP contribution < -0.4 is 9.80 Å². The molecule has 4 heteroatoms. The van der Waals surface area contributed by atoms with Gasteiger partial charge in [0.25, 0.3) is 0 Å². The number of hydrogen-bond acceptors (Lipinski definition) is 3. The van der Waals surface area contributed by atoms with Crippen molar-refractivity contribution >= 4 is 17.3 Å². The van der Waals surface area contributed by atoms with Crippen molar-refractivity contribution in [3.05, 3.63) is 24.3 Å². The van der Waals surface area contributed by atoms with Crippen molar-refractivity contribution in [2.24, 2.45) is 5.92 Å². The van der Waals surface area contributed by atoms with Gasteiger partial charge in [0.15, 0.2) is 0 Å². The maximum Gasteiger partial charge on any atom is 0.219 e. The predicted molar refractivity (Wildman–Crippen MR) is 91.5 cm³/mol. The lowest BCUT2D eigenvalue weighted by Gasteiger charge is -2.37. The zero-order valence-electron chi connectivity index (χ0n) is 13.8. The number of piperidine rings is 1. The normalized spacial score (nSPS) is 20.4. The molecule has 0 saturated carbocycles. The first kappa shape index (κ1) is 15.2. The Morgan fingerprint density at radius 1 is 0.955 bits per heavy atom. The molecule has 0 spiro atoms. The van der Waals surface area contributed by atoms with Crippen LogP contribution in [0.25, 0.3) is 0 Å². The second-order valence-corrected chi connectivity index (χ2v) is 6.68. The van der Waals surface area contributed by atoms with E-state index in [0.29, 0.717) is 0 Å². The van der Waals surface area contributed by atoms with E-state index in [0.717, 1.165) is 32.1 Å². The SMILES string of the molecule is CC(=O)N1CCN(c2cccc(N3CCC(C)CC3)c2)CC1. The van der Waals surface area contributed by atoms with Crippen LogP contribution in [0.15, 0.2) is 24.3 Å². The van der Waals surface area contributed by atoms with Crippen LogP contribution in [0.1, 0.15) is 26.7 Å². The summed E-state index contributed by atoms with van der Waals surface area (Å²) in [5, 5.41) is 0. The summed E-state index contributed by atoms with van der Waals surface area (Å²) in [7, 11) is 0. The van der Waals surface area contributed by atoms with Crippen molar-refractivity contribution in [3.63, 3.8) is 0 Å². The summed E-state index contributed by atoms with van der Waals surface area (Å²) in [6, 6.07) is 8.91. The minimum atomic E-state index is 0.191. The van der Waals surface area contributed by atoms with Gasteiger partial charge in [0.2, 0.25) is 5.91 Å². The number of amides is 1. The topological polar surface area (TPSA) is 26.8 Å². The highest BCUT2D eigenvalue weighted by Gasteiger charge is 2.20. The molecule has 2 saturated heterocycles. The molecular formula is C18H27N3O. The molecule has 4 nitrogen and oxygen atoms in total. The number of hydrogen-bond donors (Lipinski definition) is 0. The van der Waals surface area contributed by atoms with Gasteiger partial charge >= 0.3 is 0 Å². The molecule has 22 heavy (non-hydrogen) atoms. The van der Waals surface area contributed by atoms with Crippen LogP contribution in [0.4, 0.5) is 11.4 Å². The number of carbonyl (C=O) groups is 1. The number of rotatable bonds is 2. The van der Waals surface area contributed by atoms with Gasteiger partial charge in [-0.2, -0.15) is 0 Å². The number of nitrogens with zero attached hydrogens (tertiary/aromatic N) is 3. The first-order valence-corrected chi connectivity index (χ1v) is 8.49. The summed E-state index contributed by atoms with van der Waals surface area (Å²) in [6.45, 7) is 9.88. The Morgan fingerprint density at radius 2 is 1.50 bits per heavy atom. The van der Waals surface area contributed by atoms with Crippen LogP contribution >= 0.6 is 0 Å². The fraction of sp³-hybridized carbons (Fsp3) is 0.611. The van der Waals surface area contributed by atoms with E-state index in [-0.39, 0.29) is 5.91 Å². The first-order chi connectivity index (χ1) is 10.6. The van der Waals surface area contributed by atoms with Gasteiger partial charge in [0, 0.05) is 57.6 Å². The van der Waals surface area contributed by atoms with Gasteiger partial charge in [-0.25, -0.2) is 0 Å². The molecule has 120 valence electrons. The van der Waals surface area contributed by atoms with Gasteiger partial charge in [0.1, 0.15) is 0 Å². The Labute approximate surface area is 133 Å². The van der Waals surface area contributed by atoms with E-state index in [4.69, 9.17) is 0 Å². The molecule has 2 aliphatic heterocycles. The molecule has 1 aromatic rings. The van der Waals surface area contributed by atoms with E-state index in [1.165, 1.54) is 37.3 Å². The van der Waals surface area contributed by atoms with E-state index < -0.39 is 0 Å². The highest BCUT2D eigenvalue weighted by atomic mass is 16.2. The lowest BCUT2D eigenvalue weighted by Crippen LogP contribution is -2.48. The van der Waals surface area contributed by atoms with Crippen LogP contribution in [0.3, 0.4) is 0 Å². The summed E-state index contributed by atoms with van der Waals surface area (Å²) >= 11 is 0. The van der Waals surface area contributed by atoms with Crippen molar-refractivity contribution in [2.75, 3.05) is 49.1 Å². The number of benzene rings is 1. The van der Waals surface area contributed by atoms with Crippen molar-refractivity contribution < 1.29 is 4.79 Å². The molecule has 0 aliphatic carbocycles. The summed E-state index contributed by atoms with van der Waals surface area (Å²) in [5.74, 6) is 1.05. The number of anilines is 2. The van der Waals surface area contributed by atoms with Crippen molar-refractivity contribution in [2.45, 2.75) is 26.7 Å². The molecule has 1 aromatic carbocycles.